The fraction of sp³-hybridized carbons (Fsp3) is 1.00. The van der Waals surface area contributed by atoms with E-state index < -0.39 is 6.10 Å². The lowest BCUT2D eigenvalue weighted by atomic mass is 9.97. The molecule has 1 fully saturated rings. The summed E-state index contributed by atoms with van der Waals surface area (Å²) in [5.41, 5.74) is 5.73. The molecule has 4 atom stereocenters. The molecular weight excluding hydrogens is 246 g/mol. The van der Waals surface area contributed by atoms with Gasteiger partial charge in [0.15, 0.2) is 0 Å². The third-order valence-corrected chi connectivity index (χ3v) is 3.74. The van der Waals surface area contributed by atoms with Crippen LogP contribution >= 0.6 is 0 Å². The van der Waals surface area contributed by atoms with Crippen molar-refractivity contribution in [2.75, 3.05) is 40.1 Å². The third-order valence-electron chi connectivity index (χ3n) is 3.74. The predicted octanol–water partition coefficient (Wildman–Crippen LogP) is 0.790. The summed E-state index contributed by atoms with van der Waals surface area (Å²) in [5, 5.41) is 9.75. The number of aliphatic hydroxyl groups is 1. The van der Waals surface area contributed by atoms with Gasteiger partial charge in [-0.05, 0) is 38.1 Å². The molecule has 1 aliphatic carbocycles. The van der Waals surface area contributed by atoms with Gasteiger partial charge in [0.1, 0.15) is 6.10 Å². The normalized spacial score (nSPS) is 26.5. The van der Waals surface area contributed by atoms with Crippen LogP contribution in [-0.2, 0) is 14.2 Å². The van der Waals surface area contributed by atoms with E-state index in [0.717, 1.165) is 6.54 Å². The first kappa shape index (κ1) is 16.9. The van der Waals surface area contributed by atoms with Crippen molar-refractivity contribution in [3.63, 3.8) is 0 Å². The maximum Gasteiger partial charge on any atom is 0.101 e. The van der Waals surface area contributed by atoms with Crippen molar-refractivity contribution in [3.8, 4) is 0 Å². The Hall–Kier alpha value is -0.200. The monoisotopic (exact) mass is 275 g/mol. The first-order valence-electron chi connectivity index (χ1n) is 7.23. The maximum absolute atomic E-state index is 9.75. The van der Waals surface area contributed by atoms with Crippen molar-refractivity contribution in [1.29, 1.82) is 0 Å². The average molecular weight is 275 g/mol. The van der Waals surface area contributed by atoms with E-state index in [1.54, 1.807) is 7.11 Å². The molecule has 1 aliphatic rings. The zero-order valence-electron chi connectivity index (χ0n) is 12.2. The van der Waals surface area contributed by atoms with Crippen LogP contribution in [0.4, 0.5) is 0 Å². The number of hydrogen-bond acceptors (Lipinski definition) is 5. The van der Waals surface area contributed by atoms with E-state index >= 15 is 0 Å². The standard InChI is InChI=1S/C14H29NO4/c1-11(7-17-2)19-10-14(16)9-18-8-13-5-3-4-12(13)6-15/h11-14,16H,3-10,15H2,1-2H3. The molecule has 0 bridgehead atoms. The second-order valence-electron chi connectivity index (χ2n) is 5.48. The molecular formula is C14H29NO4. The van der Waals surface area contributed by atoms with Crippen LogP contribution in [0.1, 0.15) is 26.2 Å². The highest BCUT2D eigenvalue weighted by Gasteiger charge is 2.26. The van der Waals surface area contributed by atoms with Crippen molar-refractivity contribution in [2.24, 2.45) is 17.6 Å². The fourth-order valence-electron chi connectivity index (χ4n) is 2.61. The van der Waals surface area contributed by atoms with E-state index in [-0.39, 0.29) is 12.7 Å². The molecule has 1 saturated carbocycles. The Morgan fingerprint density at radius 1 is 1.21 bits per heavy atom. The topological polar surface area (TPSA) is 73.9 Å². The van der Waals surface area contributed by atoms with Crippen LogP contribution in [0.3, 0.4) is 0 Å². The summed E-state index contributed by atoms with van der Waals surface area (Å²) >= 11 is 0. The lowest BCUT2D eigenvalue weighted by Crippen LogP contribution is -2.28. The van der Waals surface area contributed by atoms with Crippen LogP contribution in [0.2, 0.25) is 0 Å². The molecule has 3 N–H and O–H groups in total. The van der Waals surface area contributed by atoms with Crippen molar-refractivity contribution in [1.82, 2.24) is 0 Å². The molecule has 19 heavy (non-hydrogen) atoms. The number of methoxy groups -OCH3 is 1. The first-order chi connectivity index (χ1) is 9.17. The fourth-order valence-corrected chi connectivity index (χ4v) is 2.61. The quantitative estimate of drug-likeness (QED) is 0.616. The van der Waals surface area contributed by atoms with Gasteiger partial charge in [0.05, 0.1) is 25.9 Å². The van der Waals surface area contributed by atoms with Crippen LogP contribution < -0.4 is 5.73 Å². The van der Waals surface area contributed by atoms with E-state index in [4.69, 9.17) is 19.9 Å². The van der Waals surface area contributed by atoms with Crippen molar-refractivity contribution in [3.05, 3.63) is 0 Å². The van der Waals surface area contributed by atoms with Crippen LogP contribution in [0, 0.1) is 11.8 Å². The Bertz CT molecular complexity index is 227. The Labute approximate surface area is 116 Å². The molecule has 0 saturated heterocycles. The van der Waals surface area contributed by atoms with E-state index in [1.165, 1.54) is 19.3 Å². The first-order valence-corrected chi connectivity index (χ1v) is 7.23. The number of aliphatic hydroxyl groups excluding tert-OH is 1. The summed E-state index contributed by atoms with van der Waals surface area (Å²) in [6, 6.07) is 0. The largest absolute Gasteiger partial charge is 0.388 e. The number of nitrogens with two attached hydrogens (primary N) is 1. The van der Waals surface area contributed by atoms with Crippen molar-refractivity contribution in [2.45, 2.75) is 38.4 Å². The van der Waals surface area contributed by atoms with Gasteiger partial charge in [-0.3, -0.25) is 0 Å². The van der Waals surface area contributed by atoms with E-state index in [9.17, 15) is 5.11 Å². The highest BCUT2D eigenvalue weighted by molar-refractivity contribution is 4.77. The highest BCUT2D eigenvalue weighted by Crippen LogP contribution is 2.30. The summed E-state index contributed by atoms with van der Waals surface area (Å²) in [5.74, 6) is 1.15. The maximum atomic E-state index is 9.75. The highest BCUT2D eigenvalue weighted by atomic mass is 16.5. The van der Waals surface area contributed by atoms with Crippen molar-refractivity contribution >= 4 is 0 Å². The Morgan fingerprint density at radius 3 is 2.63 bits per heavy atom. The van der Waals surface area contributed by atoms with Crippen molar-refractivity contribution < 1.29 is 19.3 Å². The van der Waals surface area contributed by atoms with Gasteiger partial charge in [0, 0.05) is 13.7 Å². The predicted molar refractivity (Wildman–Crippen MR) is 74.0 cm³/mol. The zero-order chi connectivity index (χ0) is 14.1. The van der Waals surface area contributed by atoms with E-state index in [0.29, 0.717) is 31.7 Å². The van der Waals surface area contributed by atoms with Gasteiger partial charge in [-0.2, -0.15) is 0 Å². The summed E-state index contributed by atoms with van der Waals surface area (Å²) in [4.78, 5) is 0. The van der Waals surface area contributed by atoms with Crippen LogP contribution in [-0.4, -0.2) is 57.4 Å². The smallest absolute Gasteiger partial charge is 0.101 e. The second kappa shape index (κ2) is 9.66. The average Bonchev–Trinajstić information content (AvgIpc) is 2.84. The van der Waals surface area contributed by atoms with Gasteiger partial charge in [-0.25, -0.2) is 0 Å². The molecule has 5 heteroatoms. The molecule has 5 nitrogen and oxygen atoms in total. The molecule has 0 heterocycles. The third kappa shape index (κ3) is 6.68. The molecule has 4 unspecified atom stereocenters. The second-order valence-corrected chi connectivity index (χ2v) is 5.48. The Kier molecular flexibility index (Phi) is 8.57. The molecule has 0 radical (unpaired) electrons. The Balaban J connectivity index is 2.05. The minimum atomic E-state index is -0.572. The lowest BCUT2D eigenvalue weighted by molar-refractivity contribution is -0.0611. The summed E-state index contributed by atoms with van der Waals surface area (Å²) in [6.45, 7) is 4.51. The van der Waals surface area contributed by atoms with Gasteiger partial charge in [-0.15, -0.1) is 0 Å². The van der Waals surface area contributed by atoms with Crippen LogP contribution in [0.5, 0.6) is 0 Å². The lowest BCUT2D eigenvalue weighted by Gasteiger charge is -2.20. The molecule has 0 aromatic rings. The molecule has 0 aromatic carbocycles. The van der Waals surface area contributed by atoms with E-state index in [2.05, 4.69) is 0 Å². The van der Waals surface area contributed by atoms with Crippen LogP contribution in [0.25, 0.3) is 0 Å². The molecule has 0 aliphatic heterocycles. The summed E-state index contributed by atoms with van der Waals surface area (Å²) < 4.78 is 16.0. The molecule has 0 amide bonds. The van der Waals surface area contributed by atoms with Gasteiger partial charge < -0.3 is 25.1 Å². The van der Waals surface area contributed by atoms with E-state index in [1.807, 2.05) is 6.92 Å². The number of ether oxygens (including phenoxy) is 3. The molecule has 1 rings (SSSR count). The Morgan fingerprint density at radius 2 is 1.95 bits per heavy atom. The molecule has 0 aromatic heterocycles. The minimum Gasteiger partial charge on any atom is -0.388 e. The summed E-state index contributed by atoms with van der Waals surface area (Å²) in [6.07, 6.45) is 3.08. The zero-order valence-corrected chi connectivity index (χ0v) is 12.2. The number of rotatable bonds is 10. The number of hydrogen-bond donors (Lipinski definition) is 2. The van der Waals surface area contributed by atoms with Gasteiger partial charge in [0.2, 0.25) is 0 Å². The molecule has 114 valence electrons. The van der Waals surface area contributed by atoms with Gasteiger partial charge >= 0.3 is 0 Å². The van der Waals surface area contributed by atoms with Crippen LogP contribution in [0.15, 0.2) is 0 Å². The SMILES string of the molecule is COCC(C)OCC(O)COCC1CCCC1CN. The van der Waals surface area contributed by atoms with Gasteiger partial charge in [-0.1, -0.05) is 6.42 Å². The summed E-state index contributed by atoms with van der Waals surface area (Å²) in [7, 11) is 1.63. The van der Waals surface area contributed by atoms with Gasteiger partial charge in [0.25, 0.3) is 0 Å². The minimum absolute atomic E-state index is 0.00361. The molecule has 0 spiro atoms.